The Kier molecular flexibility index (Phi) is 7.20. The van der Waals surface area contributed by atoms with Crippen molar-refractivity contribution in [2.24, 2.45) is 0 Å². The van der Waals surface area contributed by atoms with Gasteiger partial charge in [-0.3, -0.25) is 4.79 Å². The molecule has 1 N–H and O–H groups in total. The van der Waals surface area contributed by atoms with Gasteiger partial charge in [0.2, 0.25) is 0 Å². The van der Waals surface area contributed by atoms with Gasteiger partial charge in [-0.2, -0.15) is 5.26 Å². The SMILES string of the molecule is CCOC(=O)c1cc(-c2ccccc2)sc1NC(=O)C(C#N)=Cc1ccc(OC)cc1. The molecule has 0 saturated carbocycles. The molecule has 0 aliphatic heterocycles. The normalized spacial score (nSPS) is 10.8. The lowest BCUT2D eigenvalue weighted by molar-refractivity contribution is -0.112. The number of nitriles is 1. The van der Waals surface area contributed by atoms with Crippen molar-refractivity contribution in [3.05, 3.63) is 77.4 Å². The quantitative estimate of drug-likeness (QED) is 0.317. The highest BCUT2D eigenvalue weighted by Gasteiger charge is 2.21. The fourth-order valence-electron chi connectivity index (χ4n) is 2.77. The van der Waals surface area contributed by atoms with Crippen LogP contribution in [-0.2, 0) is 9.53 Å². The fourth-order valence-corrected chi connectivity index (χ4v) is 3.82. The number of esters is 1. The van der Waals surface area contributed by atoms with E-state index in [2.05, 4.69) is 5.32 Å². The third-order valence-electron chi connectivity index (χ3n) is 4.30. The van der Waals surface area contributed by atoms with E-state index < -0.39 is 11.9 Å². The van der Waals surface area contributed by atoms with Gasteiger partial charge in [0.1, 0.15) is 22.4 Å². The minimum atomic E-state index is -0.606. The number of carbonyl (C=O) groups excluding carboxylic acids is 2. The zero-order chi connectivity index (χ0) is 22.2. The molecule has 0 bridgehead atoms. The van der Waals surface area contributed by atoms with Gasteiger partial charge in [0, 0.05) is 4.88 Å². The lowest BCUT2D eigenvalue weighted by Gasteiger charge is -2.06. The van der Waals surface area contributed by atoms with E-state index in [1.807, 2.05) is 36.4 Å². The topological polar surface area (TPSA) is 88.4 Å². The van der Waals surface area contributed by atoms with Crippen molar-refractivity contribution < 1.29 is 19.1 Å². The van der Waals surface area contributed by atoms with Crippen molar-refractivity contribution in [1.82, 2.24) is 0 Å². The number of ether oxygens (including phenoxy) is 2. The largest absolute Gasteiger partial charge is 0.497 e. The predicted molar refractivity (Wildman–Crippen MR) is 121 cm³/mol. The molecule has 0 atom stereocenters. The van der Waals surface area contributed by atoms with Crippen LogP contribution in [0.15, 0.2) is 66.2 Å². The molecule has 0 aliphatic carbocycles. The molecular weight excluding hydrogens is 412 g/mol. The number of anilines is 1. The number of nitrogens with zero attached hydrogens (tertiary/aromatic N) is 1. The maximum absolute atomic E-state index is 12.8. The van der Waals surface area contributed by atoms with E-state index in [0.717, 1.165) is 10.4 Å². The molecule has 3 aromatic rings. The summed E-state index contributed by atoms with van der Waals surface area (Å²) in [6.07, 6.45) is 1.48. The van der Waals surface area contributed by atoms with Crippen molar-refractivity contribution in [2.75, 3.05) is 19.0 Å². The molecule has 31 heavy (non-hydrogen) atoms. The van der Waals surface area contributed by atoms with E-state index in [0.29, 0.717) is 16.3 Å². The van der Waals surface area contributed by atoms with Crippen molar-refractivity contribution in [1.29, 1.82) is 5.26 Å². The van der Waals surface area contributed by atoms with E-state index in [1.165, 1.54) is 17.4 Å². The Morgan fingerprint density at radius 1 is 1.13 bits per heavy atom. The number of hydrogen-bond acceptors (Lipinski definition) is 6. The van der Waals surface area contributed by atoms with Gasteiger partial charge in [0.15, 0.2) is 0 Å². The summed E-state index contributed by atoms with van der Waals surface area (Å²) < 4.78 is 10.2. The van der Waals surface area contributed by atoms with E-state index in [1.54, 1.807) is 44.4 Å². The summed E-state index contributed by atoms with van der Waals surface area (Å²) in [5.41, 5.74) is 1.75. The highest BCUT2D eigenvalue weighted by Crippen LogP contribution is 2.36. The molecule has 1 amide bonds. The third kappa shape index (κ3) is 5.38. The van der Waals surface area contributed by atoms with Crippen LogP contribution in [0.25, 0.3) is 16.5 Å². The summed E-state index contributed by atoms with van der Waals surface area (Å²) >= 11 is 1.25. The Morgan fingerprint density at radius 3 is 2.45 bits per heavy atom. The maximum Gasteiger partial charge on any atom is 0.341 e. The lowest BCUT2D eigenvalue weighted by Crippen LogP contribution is -2.15. The Balaban J connectivity index is 1.90. The fraction of sp³-hybridized carbons (Fsp3) is 0.125. The molecule has 0 aliphatic rings. The van der Waals surface area contributed by atoms with E-state index in [4.69, 9.17) is 9.47 Å². The van der Waals surface area contributed by atoms with Crippen LogP contribution in [0.3, 0.4) is 0 Å². The minimum Gasteiger partial charge on any atom is -0.497 e. The molecule has 7 heteroatoms. The van der Waals surface area contributed by atoms with E-state index >= 15 is 0 Å². The van der Waals surface area contributed by atoms with Crippen molar-refractivity contribution in [3.63, 3.8) is 0 Å². The van der Waals surface area contributed by atoms with Gasteiger partial charge in [-0.05, 0) is 42.3 Å². The number of benzene rings is 2. The Hall–Kier alpha value is -3.89. The Labute approximate surface area is 184 Å². The Bertz CT molecular complexity index is 1140. The number of methoxy groups -OCH3 is 1. The summed E-state index contributed by atoms with van der Waals surface area (Å²) in [5.74, 6) is -0.467. The second kappa shape index (κ2) is 10.2. The van der Waals surface area contributed by atoms with Crippen molar-refractivity contribution in [2.45, 2.75) is 6.92 Å². The number of amides is 1. The summed E-state index contributed by atoms with van der Waals surface area (Å²) in [6.45, 7) is 1.93. The molecular formula is C24H20N2O4S. The van der Waals surface area contributed by atoms with E-state index in [-0.39, 0.29) is 17.7 Å². The molecule has 156 valence electrons. The van der Waals surface area contributed by atoms with Gasteiger partial charge in [0.05, 0.1) is 19.3 Å². The first-order chi connectivity index (χ1) is 15.0. The molecule has 1 heterocycles. The smallest absolute Gasteiger partial charge is 0.341 e. The first-order valence-electron chi connectivity index (χ1n) is 9.49. The number of hydrogen-bond donors (Lipinski definition) is 1. The number of nitrogens with one attached hydrogen (secondary N) is 1. The van der Waals surface area contributed by atoms with Crippen LogP contribution >= 0.6 is 11.3 Å². The van der Waals surface area contributed by atoms with E-state index in [9.17, 15) is 14.9 Å². The van der Waals surface area contributed by atoms with Crippen LogP contribution in [0.1, 0.15) is 22.8 Å². The molecule has 2 aromatic carbocycles. The predicted octanol–water partition coefficient (Wildman–Crippen LogP) is 5.15. The second-order valence-electron chi connectivity index (χ2n) is 6.34. The Morgan fingerprint density at radius 2 is 1.84 bits per heavy atom. The zero-order valence-electron chi connectivity index (χ0n) is 17.0. The second-order valence-corrected chi connectivity index (χ2v) is 7.39. The van der Waals surface area contributed by atoms with Gasteiger partial charge in [0.25, 0.3) is 5.91 Å². The molecule has 1 aromatic heterocycles. The summed E-state index contributed by atoms with van der Waals surface area (Å²) in [7, 11) is 1.56. The van der Waals surface area contributed by atoms with Crippen LogP contribution in [-0.4, -0.2) is 25.6 Å². The standard InChI is InChI=1S/C24H20N2O4S/c1-3-30-24(28)20-14-21(17-7-5-4-6-8-17)31-23(20)26-22(27)18(15-25)13-16-9-11-19(29-2)12-10-16/h4-14H,3H2,1-2H3,(H,26,27). The lowest BCUT2D eigenvalue weighted by atomic mass is 10.1. The number of thiophene rings is 1. The molecule has 0 radical (unpaired) electrons. The van der Waals surface area contributed by atoms with Gasteiger partial charge in [-0.25, -0.2) is 4.79 Å². The summed E-state index contributed by atoms with van der Waals surface area (Å²) in [6, 6.07) is 20.1. The van der Waals surface area contributed by atoms with Crippen LogP contribution in [0, 0.1) is 11.3 Å². The van der Waals surface area contributed by atoms with Crippen molar-refractivity contribution >= 4 is 34.3 Å². The van der Waals surface area contributed by atoms with Crippen LogP contribution < -0.4 is 10.1 Å². The molecule has 0 unspecified atom stereocenters. The van der Waals surface area contributed by atoms with Crippen LogP contribution in [0.5, 0.6) is 5.75 Å². The maximum atomic E-state index is 12.8. The van der Waals surface area contributed by atoms with Crippen LogP contribution in [0.4, 0.5) is 5.00 Å². The van der Waals surface area contributed by atoms with Gasteiger partial charge in [-0.15, -0.1) is 11.3 Å². The monoisotopic (exact) mass is 432 g/mol. The van der Waals surface area contributed by atoms with Crippen LogP contribution in [0.2, 0.25) is 0 Å². The molecule has 3 rings (SSSR count). The van der Waals surface area contributed by atoms with Gasteiger partial charge in [-0.1, -0.05) is 42.5 Å². The summed E-state index contributed by atoms with van der Waals surface area (Å²) in [5, 5.41) is 12.5. The average Bonchev–Trinajstić information content (AvgIpc) is 3.22. The molecule has 0 spiro atoms. The molecule has 0 fully saturated rings. The third-order valence-corrected chi connectivity index (χ3v) is 5.40. The highest BCUT2D eigenvalue weighted by atomic mass is 32.1. The highest BCUT2D eigenvalue weighted by molar-refractivity contribution is 7.20. The minimum absolute atomic E-state index is 0.0883. The average molecular weight is 433 g/mol. The number of rotatable bonds is 7. The number of carbonyl (C=O) groups is 2. The van der Waals surface area contributed by atoms with Gasteiger partial charge < -0.3 is 14.8 Å². The first kappa shape index (κ1) is 21.8. The first-order valence-corrected chi connectivity index (χ1v) is 10.3. The molecule has 6 nitrogen and oxygen atoms in total. The summed E-state index contributed by atoms with van der Waals surface area (Å²) in [4.78, 5) is 26.0. The zero-order valence-corrected chi connectivity index (χ0v) is 17.9. The van der Waals surface area contributed by atoms with Gasteiger partial charge >= 0.3 is 5.97 Å². The van der Waals surface area contributed by atoms with Crippen molar-refractivity contribution in [3.8, 4) is 22.3 Å². The molecule has 0 saturated heterocycles.